The molecule has 0 saturated carbocycles. The second-order valence-corrected chi connectivity index (χ2v) is 5.80. The van der Waals surface area contributed by atoms with E-state index in [1.165, 1.54) is 6.07 Å². The predicted octanol–water partition coefficient (Wildman–Crippen LogP) is 3.31. The van der Waals surface area contributed by atoms with Crippen LogP contribution in [0.4, 0.5) is 9.18 Å². The molecule has 2 rings (SSSR count). The monoisotopic (exact) mass is 301 g/mol. The highest BCUT2D eigenvalue weighted by Crippen LogP contribution is 2.48. The minimum Gasteiger partial charge on any atom is -0.441 e. The summed E-state index contributed by atoms with van der Waals surface area (Å²) in [6, 6.07) is 3.14. The zero-order valence-electron chi connectivity index (χ0n) is 9.59. The lowest BCUT2D eigenvalue weighted by Gasteiger charge is -2.26. The Morgan fingerprint density at radius 3 is 2.82 bits per heavy atom. The maximum Gasteiger partial charge on any atom is 0.405 e. The highest BCUT2D eigenvalue weighted by molar-refractivity contribution is 9.10. The Kier molecular flexibility index (Phi) is 2.89. The second kappa shape index (κ2) is 3.98. The Balaban J connectivity index is 2.48. The standard InChI is InChI=1S/C12H13BrFNO2/c1-12(2)5-6-3-8(13)9(14)4-7(6)10(12)17-11(15)16/h3-4,10H,5H2,1-2H3,(H2,15,16). The van der Waals surface area contributed by atoms with Gasteiger partial charge in [-0.15, -0.1) is 0 Å². The lowest BCUT2D eigenvalue weighted by molar-refractivity contribution is 0.0391. The van der Waals surface area contributed by atoms with E-state index in [1.54, 1.807) is 6.07 Å². The lowest BCUT2D eigenvalue weighted by atomic mass is 9.87. The average molecular weight is 302 g/mol. The average Bonchev–Trinajstić information content (AvgIpc) is 2.40. The molecule has 0 radical (unpaired) electrons. The summed E-state index contributed by atoms with van der Waals surface area (Å²) in [4.78, 5) is 10.9. The minimum absolute atomic E-state index is 0.273. The van der Waals surface area contributed by atoms with Crippen LogP contribution in [0, 0.1) is 11.2 Å². The van der Waals surface area contributed by atoms with Crippen molar-refractivity contribution in [2.45, 2.75) is 26.4 Å². The summed E-state index contributed by atoms with van der Waals surface area (Å²) < 4.78 is 19.0. The van der Waals surface area contributed by atoms with Crippen molar-refractivity contribution >= 4 is 22.0 Å². The number of carbonyl (C=O) groups excluding carboxylic acids is 1. The van der Waals surface area contributed by atoms with Gasteiger partial charge in [0.05, 0.1) is 4.47 Å². The lowest BCUT2D eigenvalue weighted by Crippen LogP contribution is -2.25. The summed E-state index contributed by atoms with van der Waals surface area (Å²) in [6.45, 7) is 3.93. The van der Waals surface area contributed by atoms with E-state index in [1.807, 2.05) is 13.8 Å². The van der Waals surface area contributed by atoms with Gasteiger partial charge in [0.25, 0.3) is 0 Å². The Morgan fingerprint density at radius 1 is 1.59 bits per heavy atom. The first-order chi connectivity index (χ1) is 7.81. The smallest absolute Gasteiger partial charge is 0.405 e. The third-order valence-corrected chi connectivity index (χ3v) is 3.66. The molecule has 1 atom stereocenters. The zero-order chi connectivity index (χ0) is 12.8. The molecule has 1 amide bonds. The number of hydrogen-bond donors (Lipinski definition) is 1. The molecule has 0 fully saturated rings. The van der Waals surface area contributed by atoms with Crippen molar-refractivity contribution in [3.8, 4) is 0 Å². The zero-order valence-corrected chi connectivity index (χ0v) is 11.2. The van der Waals surface area contributed by atoms with Gasteiger partial charge in [-0.3, -0.25) is 0 Å². The summed E-state index contributed by atoms with van der Waals surface area (Å²) in [6.07, 6.45) is -0.601. The Bertz CT molecular complexity index is 488. The number of benzene rings is 1. The summed E-state index contributed by atoms with van der Waals surface area (Å²) in [5, 5.41) is 0. The van der Waals surface area contributed by atoms with Crippen molar-refractivity contribution in [3.63, 3.8) is 0 Å². The van der Waals surface area contributed by atoms with E-state index in [2.05, 4.69) is 15.9 Å². The van der Waals surface area contributed by atoms with Gasteiger partial charge in [-0.2, -0.15) is 0 Å². The number of rotatable bonds is 1. The number of halogens is 2. The maximum absolute atomic E-state index is 13.5. The van der Waals surface area contributed by atoms with Crippen molar-refractivity contribution in [1.29, 1.82) is 0 Å². The first-order valence-corrected chi connectivity index (χ1v) is 6.04. The summed E-state index contributed by atoms with van der Waals surface area (Å²) in [7, 11) is 0. The molecule has 0 bridgehead atoms. The van der Waals surface area contributed by atoms with E-state index >= 15 is 0 Å². The molecular formula is C12H13BrFNO2. The van der Waals surface area contributed by atoms with Crippen molar-refractivity contribution in [2.75, 3.05) is 0 Å². The van der Waals surface area contributed by atoms with Crippen LogP contribution in [-0.2, 0) is 11.2 Å². The molecule has 3 nitrogen and oxygen atoms in total. The number of nitrogens with two attached hydrogens (primary N) is 1. The third kappa shape index (κ3) is 2.16. The number of amides is 1. The van der Waals surface area contributed by atoms with E-state index in [0.29, 0.717) is 10.0 Å². The van der Waals surface area contributed by atoms with Crippen molar-refractivity contribution in [1.82, 2.24) is 0 Å². The van der Waals surface area contributed by atoms with E-state index < -0.39 is 12.2 Å². The van der Waals surface area contributed by atoms with Crippen LogP contribution < -0.4 is 5.73 Å². The molecule has 0 aliphatic heterocycles. The SMILES string of the molecule is CC1(C)Cc2cc(Br)c(F)cc2C1OC(N)=O. The molecular weight excluding hydrogens is 289 g/mol. The Hall–Kier alpha value is -1.10. The Labute approximate surface area is 107 Å². The molecule has 1 aliphatic rings. The highest BCUT2D eigenvalue weighted by Gasteiger charge is 2.42. The fourth-order valence-electron chi connectivity index (χ4n) is 2.34. The van der Waals surface area contributed by atoms with Gasteiger partial charge in [-0.05, 0) is 45.6 Å². The number of hydrogen-bond acceptors (Lipinski definition) is 2. The molecule has 0 spiro atoms. The van der Waals surface area contributed by atoms with Gasteiger partial charge in [0, 0.05) is 5.41 Å². The molecule has 1 aliphatic carbocycles. The molecule has 1 aromatic rings. The van der Waals surface area contributed by atoms with Crippen LogP contribution >= 0.6 is 15.9 Å². The summed E-state index contributed by atoms with van der Waals surface area (Å²) in [5.41, 5.74) is 6.47. The van der Waals surface area contributed by atoms with Crippen LogP contribution in [0.3, 0.4) is 0 Å². The van der Waals surface area contributed by atoms with E-state index in [-0.39, 0.29) is 11.2 Å². The maximum atomic E-state index is 13.5. The van der Waals surface area contributed by atoms with Gasteiger partial charge >= 0.3 is 6.09 Å². The third-order valence-electron chi connectivity index (χ3n) is 3.05. The van der Waals surface area contributed by atoms with Gasteiger partial charge in [0.15, 0.2) is 0 Å². The Morgan fingerprint density at radius 2 is 2.24 bits per heavy atom. The minimum atomic E-state index is -0.834. The van der Waals surface area contributed by atoms with Crippen LogP contribution in [-0.4, -0.2) is 6.09 Å². The highest BCUT2D eigenvalue weighted by atomic mass is 79.9. The molecule has 5 heteroatoms. The predicted molar refractivity (Wildman–Crippen MR) is 65.0 cm³/mol. The first kappa shape index (κ1) is 12.4. The number of fused-ring (bicyclic) bond motifs is 1. The molecule has 92 valence electrons. The molecule has 0 aromatic heterocycles. The van der Waals surface area contributed by atoms with Crippen LogP contribution in [0.15, 0.2) is 16.6 Å². The molecule has 1 aromatic carbocycles. The van der Waals surface area contributed by atoms with Crippen molar-refractivity contribution < 1.29 is 13.9 Å². The van der Waals surface area contributed by atoms with Gasteiger partial charge in [-0.25, -0.2) is 9.18 Å². The largest absolute Gasteiger partial charge is 0.441 e. The van der Waals surface area contributed by atoms with Crippen LogP contribution in [0.2, 0.25) is 0 Å². The van der Waals surface area contributed by atoms with Crippen molar-refractivity contribution in [3.05, 3.63) is 33.5 Å². The molecule has 2 N–H and O–H groups in total. The van der Waals surface area contributed by atoms with Crippen molar-refractivity contribution in [2.24, 2.45) is 11.1 Å². The number of primary amides is 1. The normalized spacial score (nSPS) is 21.1. The fourth-order valence-corrected chi connectivity index (χ4v) is 2.74. The number of carbonyl (C=O) groups is 1. The first-order valence-electron chi connectivity index (χ1n) is 5.25. The topological polar surface area (TPSA) is 52.3 Å². The van der Waals surface area contributed by atoms with Gasteiger partial charge in [0.1, 0.15) is 11.9 Å². The quantitative estimate of drug-likeness (QED) is 0.865. The van der Waals surface area contributed by atoms with Crippen LogP contribution in [0.5, 0.6) is 0 Å². The van der Waals surface area contributed by atoms with Crippen LogP contribution in [0.25, 0.3) is 0 Å². The van der Waals surface area contributed by atoms with Gasteiger partial charge in [0.2, 0.25) is 0 Å². The summed E-state index contributed by atoms with van der Waals surface area (Å²) >= 11 is 3.15. The van der Waals surface area contributed by atoms with Gasteiger partial charge in [-0.1, -0.05) is 13.8 Å². The summed E-state index contributed by atoms with van der Waals surface area (Å²) in [5.74, 6) is -0.362. The van der Waals surface area contributed by atoms with Gasteiger partial charge < -0.3 is 10.5 Å². The molecule has 0 saturated heterocycles. The van der Waals surface area contributed by atoms with E-state index in [9.17, 15) is 9.18 Å². The fraction of sp³-hybridized carbons (Fsp3) is 0.417. The second-order valence-electron chi connectivity index (χ2n) is 4.95. The van der Waals surface area contributed by atoms with E-state index in [4.69, 9.17) is 10.5 Å². The van der Waals surface area contributed by atoms with Crippen LogP contribution in [0.1, 0.15) is 31.1 Å². The molecule has 0 heterocycles. The van der Waals surface area contributed by atoms with E-state index in [0.717, 1.165) is 12.0 Å². The molecule has 17 heavy (non-hydrogen) atoms. The molecule has 1 unspecified atom stereocenters. The number of ether oxygens (including phenoxy) is 1.